The van der Waals surface area contributed by atoms with Gasteiger partial charge in [-0.1, -0.05) is 13.8 Å². The van der Waals surface area contributed by atoms with Gasteiger partial charge in [-0.25, -0.2) is 0 Å². The lowest BCUT2D eigenvalue weighted by Crippen LogP contribution is -2.16. The SMILES string of the molecule is CCNCOCSCC. The summed E-state index contributed by atoms with van der Waals surface area (Å²) in [5.74, 6) is 1.94. The van der Waals surface area contributed by atoms with E-state index in [1.807, 2.05) is 0 Å². The van der Waals surface area contributed by atoms with Crippen molar-refractivity contribution in [3.05, 3.63) is 0 Å². The highest BCUT2D eigenvalue weighted by atomic mass is 32.2. The van der Waals surface area contributed by atoms with Crippen LogP contribution in [0.3, 0.4) is 0 Å². The molecule has 0 aliphatic carbocycles. The van der Waals surface area contributed by atoms with Crippen LogP contribution in [0.15, 0.2) is 0 Å². The van der Waals surface area contributed by atoms with Gasteiger partial charge < -0.3 is 4.74 Å². The van der Waals surface area contributed by atoms with Gasteiger partial charge in [0.2, 0.25) is 0 Å². The summed E-state index contributed by atoms with van der Waals surface area (Å²) in [4.78, 5) is 0. The highest BCUT2D eigenvalue weighted by Crippen LogP contribution is 1.96. The molecule has 3 heteroatoms. The van der Waals surface area contributed by atoms with Crippen LogP contribution in [-0.4, -0.2) is 25.0 Å². The Morgan fingerprint density at radius 1 is 1.44 bits per heavy atom. The standard InChI is InChI=1S/C6H15NOS/c1-3-7-5-8-6-9-4-2/h7H,3-6H2,1-2H3. The van der Waals surface area contributed by atoms with E-state index in [-0.39, 0.29) is 0 Å². The van der Waals surface area contributed by atoms with Gasteiger partial charge in [-0.3, -0.25) is 5.32 Å². The van der Waals surface area contributed by atoms with E-state index in [1.165, 1.54) is 0 Å². The topological polar surface area (TPSA) is 21.3 Å². The Kier molecular flexibility index (Phi) is 8.52. The monoisotopic (exact) mass is 149 g/mol. The van der Waals surface area contributed by atoms with Gasteiger partial charge in [0.25, 0.3) is 0 Å². The van der Waals surface area contributed by atoms with Crippen molar-refractivity contribution < 1.29 is 4.74 Å². The second-order valence-electron chi connectivity index (χ2n) is 1.56. The molecule has 0 heterocycles. The van der Waals surface area contributed by atoms with Crippen LogP contribution in [0.4, 0.5) is 0 Å². The predicted molar refractivity (Wildman–Crippen MR) is 42.6 cm³/mol. The molecule has 0 fully saturated rings. The van der Waals surface area contributed by atoms with Crippen LogP contribution in [0.5, 0.6) is 0 Å². The Labute approximate surface area is 61.4 Å². The zero-order chi connectivity index (χ0) is 6.95. The highest BCUT2D eigenvalue weighted by molar-refractivity contribution is 7.99. The first-order chi connectivity index (χ1) is 4.41. The summed E-state index contributed by atoms with van der Waals surface area (Å²) in [7, 11) is 0. The molecular formula is C6H15NOS. The lowest BCUT2D eigenvalue weighted by Gasteiger charge is -2.01. The summed E-state index contributed by atoms with van der Waals surface area (Å²) in [6.07, 6.45) is 0. The normalized spacial score (nSPS) is 10.0. The summed E-state index contributed by atoms with van der Waals surface area (Å²) in [6.45, 7) is 5.86. The maximum atomic E-state index is 5.17. The van der Waals surface area contributed by atoms with Crippen molar-refractivity contribution in [1.29, 1.82) is 0 Å². The second-order valence-corrected chi connectivity index (χ2v) is 2.78. The Bertz CT molecular complexity index is 46.3. The first-order valence-corrected chi connectivity index (χ1v) is 4.43. The minimum atomic E-state index is 0.684. The Morgan fingerprint density at radius 3 is 2.78 bits per heavy atom. The van der Waals surface area contributed by atoms with Gasteiger partial charge in [0.1, 0.15) is 0 Å². The quantitative estimate of drug-likeness (QED) is 0.454. The van der Waals surface area contributed by atoms with Crippen molar-refractivity contribution in [2.75, 3.05) is 25.0 Å². The molecule has 0 aromatic rings. The summed E-state index contributed by atoms with van der Waals surface area (Å²) in [5, 5.41) is 3.07. The number of nitrogens with one attached hydrogen (secondary N) is 1. The maximum Gasteiger partial charge on any atom is 0.0976 e. The minimum Gasteiger partial charge on any atom is -0.356 e. The van der Waals surface area contributed by atoms with E-state index < -0.39 is 0 Å². The zero-order valence-corrected chi connectivity index (χ0v) is 6.96. The van der Waals surface area contributed by atoms with Crippen LogP contribution >= 0.6 is 11.8 Å². The third-order valence-electron chi connectivity index (χ3n) is 0.825. The molecule has 0 atom stereocenters. The molecule has 0 saturated heterocycles. The van der Waals surface area contributed by atoms with Crippen LogP contribution in [0.1, 0.15) is 13.8 Å². The summed E-state index contributed by atoms with van der Waals surface area (Å²) < 4.78 is 5.17. The third-order valence-corrected chi connectivity index (χ3v) is 1.57. The average Bonchev–Trinajstić information content (AvgIpc) is 1.89. The number of thioether (sulfide) groups is 1. The van der Waals surface area contributed by atoms with E-state index in [0.29, 0.717) is 6.73 Å². The molecule has 0 spiro atoms. The van der Waals surface area contributed by atoms with Gasteiger partial charge in [0.05, 0.1) is 12.7 Å². The van der Waals surface area contributed by atoms with E-state index in [4.69, 9.17) is 4.74 Å². The van der Waals surface area contributed by atoms with Crippen LogP contribution in [0, 0.1) is 0 Å². The molecule has 0 bridgehead atoms. The largest absolute Gasteiger partial charge is 0.356 e. The van der Waals surface area contributed by atoms with Crippen molar-refractivity contribution in [2.24, 2.45) is 0 Å². The van der Waals surface area contributed by atoms with Crippen molar-refractivity contribution >= 4 is 11.8 Å². The maximum absolute atomic E-state index is 5.17. The molecule has 0 aliphatic heterocycles. The summed E-state index contributed by atoms with van der Waals surface area (Å²) in [6, 6.07) is 0. The molecule has 0 amide bonds. The van der Waals surface area contributed by atoms with Crippen LogP contribution in [0.25, 0.3) is 0 Å². The fourth-order valence-corrected chi connectivity index (χ4v) is 0.726. The lowest BCUT2D eigenvalue weighted by atomic mass is 10.8. The van der Waals surface area contributed by atoms with E-state index in [9.17, 15) is 0 Å². The molecular weight excluding hydrogens is 134 g/mol. The Morgan fingerprint density at radius 2 is 2.22 bits per heavy atom. The number of ether oxygens (including phenoxy) is 1. The van der Waals surface area contributed by atoms with Crippen molar-refractivity contribution in [1.82, 2.24) is 5.32 Å². The van der Waals surface area contributed by atoms with Gasteiger partial charge in [0.15, 0.2) is 0 Å². The van der Waals surface area contributed by atoms with Crippen molar-refractivity contribution in [2.45, 2.75) is 13.8 Å². The molecule has 0 aliphatic rings. The lowest BCUT2D eigenvalue weighted by molar-refractivity contribution is 0.163. The Balaban J connectivity index is 2.60. The molecule has 0 saturated carbocycles. The first-order valence-electron chi connectivity index (χ1n) is 3.28. The summed E-state index contributed by atoms with van der Waals surface area (Å²) in [5.41, 5.74) is 0. The zero-order valence-electron chi connectivity index (χ0n) is 6.14. The number of hydrogen-bond donors (Lipinski definition) is 1. The summed E-state index contributed by atoms with van der Waals surface area (Å²) >= 11 is 1.80. The molecule has 56 valence electrons. The average molecular weight is 149 g/mol. The smallest absolute Gasteiger partial charge is 0.0976 e. The van der Waals surface area contributed by atoms with Gasteiger partial charge in [-0.05, 0) is 12.3 Å². The molecule has 0 radical (unpaired) electrons. The van der Waals surface area contributed by atoms with Crippen LogP contribution in [-0.2, 0) is 4.74 Å². The van der Waals surface area contributed by atoms with Crippen molar-refractivity contribution in [3.8, 4) is 0 Å². The molecule has 1 N–H and O–H groups in total. The molecule has 0 aromatic heterocycles. The highest BCUT2D eigenvalue weighted by Gasteiger charge is 1.82. The van der Waals surface area contributed by atoms with Crippen molar-refractivity contribution in [3.63, 3.8) is 0 Å². The minimum absolute atomic E-state index is 0.684. The third kappa shape index (κ3) is 8.27. The van der Waals surface area contributed by atoms with Crippen LogP contribution in [0.2, 0.25) is 0 Å². The fourth-order valence-electron chi connectivity index (χ4n) is 0.358. The fraction of sp³-hybridized carbons (Fsp3) is 1.00. The van der Waals surface area contributed by atoms with Gasteiger partial charge in [-0.15, -0.1) is 11.8 Å². The molecule has 0 aromatic carbocycles. The molecule has 0 rings (SSSR count). The van der Waals surface area contributed by atoms with E-state index >= 15 is 0 Å². The van der Waals surface area contributed by atoms with E-state index in [2.05, 4.69) is 19.2 Å². The Hall–Kier alpha value is 0.270. The predicted octanol–water partition coefficient (Wildman–Crippen LogP) is 1.28. The van der Waals surface area contributed by atoms with Crippen LogP contribution < -0.4 is 5.32 Å². The van der Waals surface area contributed by atoms with E-state index in [1.54, 1.807) is 11.8 Å². The first kappa shape index (κ1) is 9.27. The number of hydrogen-bond acceptors (Lipinski definition) is 3. The molecule has 9 heavy (non-hydrogen) atoms. The van der Waals surface area contributed by atoms with Gasteiger partial charge >= 0.3 is 0 Å². The number of rotatable bonds is 6. The van der Waals surface area contributed by atoms with Gasteiger partial charge in [0, 0.05) is 0 Å². The molecule has 2 nitrogen and oxygen atoms in total. The van der Waals surface area contributed by atoms with E-state index in [0.717, 1.165) is 18.2 Å². The second kappa shape index (κ2) is 8.27. The van der Waals surface area contributed by atoms with Gasteiger partial charge in [-0.2, -0.15) is 0 Å². The molecule has 0 unspecified atom stereocenters.